The highest BCUT2D eigenvalue weighted by molar-refractivity contribution is 5.95. The number of nitrogens with two attached hydrogens (primary N) is 1. The van der Waals surface area contributed by atoms with Gasteiger partial charge >= 0.3 is 0 Å². The van der Waals surface area contributed by atoms with Gasteiger partial charge in [0.25, 0.3) is 0 Å². The van der Waals surface area contributed by atoms with Crippen molar-refractivity contribution < 1.29 is 9.53 Å². The molecule has 1 heterocycles. The van der Waals surface area contributed by atoms with Gasteiger partial charge in [0, 0.05) is 23.2 Å². The zero-order valence-electron chi connectivity index (χ0n) is 10.2. The minimum Gasteiger partial charge on any atom is -0.492 e. The average Bonchev–Trinajstić information content (AvgIpc) is 2.27. The SMILES string of the molecule is CC(C)N[C@H]1COc2cccc(C(N)=O)c2C1. The molecule has 0 unspecified atom stereocenters. The molecular formula is C13H18N2O2. The first-order chi connectivity index (χ1) is 8.08. The van der Waals surface area contributed by atoms with Crippen LogP contribution in [-0.2, 0) is 6.42 Å². The van der Waals surface area contributed by atoms with E-state index in [2.05, 4.69) is 19.2 Å². The van der Waals surface area contributed by atoms with Crippen molar-refractivity contribution in [2.75, 3.05) is 6.61 Å². The number of nitrogens with one attached hydrogen (secondary N) is 1. The second-order valence-electron chi connectivity index (χ2n) is 4.68. The molecule has 4 nitrogen and oxygen atoms in total. The van der Waals surface area contributed by atoms with Crippen LogP contribution in [0.3, 0.4) is 0 Å². The molecule has 92 valence electrons. The number of benzene rings is 1. The molecule has 0 radical (unpaired) electrons. The second kappa shape index (κ2) is 4.75. The topological polar surface area (TPSA) is 64.3 Å². The molecule has 1 amide bonds. The summed E-state index contributed by atoms with van der Waals surface area (Å²) in [5.41, 5.74) is 6.86. The lowest BCUT2D eigenvalue weighted by Gasteiger charge is -2.28. The summed E-state index contributed by atoms with van der Waals surface area (Å²) in [5.74, 6) is 0.388. The first-order valence-electron chi connectivity index (χ1n) is 5.88. The van der Waals surface area contributed by atoms with E-state index in [-0.39, 0.29) is 6.04 Å². The van der Waals surface area contributed by atoms with E-state index in [9.17, 15) is 4.79 Å². The molecule has 0 saturated heterocycles. The molecule has 17 heavy (non-hydrogen) atoms. The van der Waals surface area contributed by atoms with E-state index in [4.69, 9.17) is 10.5 Å². The number of fused-ring (bicyclic) bond motifs is 1. The maximum atomic E-state index is 11.3. The number of rotatable bonds is 3. The highest BCUT2D eigenvalue weighted by atomic mass is 16.5. The maximum Gasteiger partial charge on any atom is 0.249 e. The Morgan fingerprint density at radius 3 is 2.94 bits per heavy atom. The van der Waals surface area contributed by atoms with Gasteiger partial charge in [-0.25, -0.2) is 0 Å². The lowest BCUT2D eigenvalue weighted by Crippen LogP contribution is -2.43. The largest absolute Gasteiger partial charge is 0.492 e. The Hall–Kier alpha value is -1.55. The monoisotopic (exact) mass is 234 g/mol. The standard InChI is InChI=1S/C13H18N2O2/c1-8(2)15-9-6-11-10(13(14)16)4-3-5-12(11)17-7-9/h3-5,8-9,15H,6-7H2,1-2H3,(H2,14,16)/t9-/m1/s1. The predicted molar refractivity (Wildman–Crippen MR) is 66.2 cm³/mol. The average molecular weight is 234 g/mol. The maximum absolute atomic E-state index is 11.3. The van der Waals surface area contributed by atoms with Gasteiger partial charge in [-0.1, -0.05) is 19.9 Å². The molecule has 1 aliphatic rings. The number of hydrogen-bond donors (Lipinski definition) is 2. The van der Waals surface area contributed by atoms with E-state index in [1.165, 1.54) is 0 Å². The molecule has 0 bridgehead atoms. The van der Waals surface area contributed by atoms with Crippen LogP contribution in [0.4, 0.5) is 0 Å². The van der Waals surface area contributed by atoms with Gasteiger partial charge in [-0.05, 0) is 18.6 Å². The van der Waals surface area contributed by atoms with E-state index in [0.717, 1.165) is 17.7 Å². The summed E-state index contributed by atoms with van der Waals surface area (Å²) in [6, 6.07) is 6.07. The van der Waals surface area contributed by atoms with Gasteiger partial charge in [0.2, 0.25) is 5.91 Å². The van der Waals surface area contributed by atoms with Gasteiger partial charge in [-0.2, -0.15) is 0 Å². The third-order valence-corrected chi connectivity index (χ3v) is 2.86. The van der Waals surface area contributed by atoms with Crippen molar-refractivity contribution in [2.24, 2.45) is 5.73 Å². The zero-order valence-corrected chi connectivity index (χ0v) is 10.2. The molecule has 0 aromatic heterocycles. The highest BCUT2D eigenvalue weighted by Crippen LogP contribution is 2.27. The minimum atomic E-state index is -0.393. The molecule has 0 fully saturated rings. The van der Waals surface area contributed by atoms with Crippen LogP contribution >= 0.6 is 0 Å². The number of carbonyl (C=O) groups excluding carboxylic acids is 1. The number of ether oxygens (including phenoxy) is 1. The summed E-state index contributed by atoms with van der Waals surface area (Å²) < 4.78 is 5.66. The van der Waals surface area contributed by atoms with Crippen LogP contribution in [0, 0.1) is 0 Å². The van der Waals surface area contributed by atoms with E-state index in [0.29, 0.717) is 18.2 Å². The number of primary amides is 1. The summed E-state index contributed by atoms with van der Waals surface area (Å²) in [6.45, 7) is 4.82. The molecular weight excluding hydrogens is 216 g/mol. The molecule has 0 aliphatic carbocycles. The molecule has 0 spiro atoms. The first kappa shape index (κ1) is 11.9. The van der Waals surface area contributed by atoms with Crippen molar-refractivity contribution in [1.29, 1.82) is 0 Å². The lowest BCUT2D eigenvalue weighted by molar-refractivity contribution is 0.0997. The molecule has 1 aliphatic heterocycles. The van der Waals surface area contributed by atoms with E-state index >= 15 is 0 Å². The van der Waals surface area contributed by atoms with E-state index in [1.54, 1.807) is 12.1 Å². The molecule has 1 atom stereocenters. The Morgan fingerprint density at radius 2 is 2.29 bits per heavy atom. The van der Waals surface area contributed by atoms with Crippen molar-refractivity contribution >= 4 is 5.91 Å². The van der Waals surface area contributed by atoms with Gasteiger partial charge in [-0.3, -0.25) is 4.79 Å². The first-order valence-corrected chi connectivity index (χ1v) is 5.88. The lowest BCUT2D eigenvalue weighted by atomic mass is 9.96. The van der Waals surface area contributed by atoms with Crippen LogP contribution in [0.15, 0.2) is 18.2 Å². The number of carbonyl (C=O) groups is 1. The van der Waals surface area contributed by atoms with Crippen molar-refractivity contribution in [3.63, 3.8) is 0 Å². The smallest absolute Gasteiger partial charge is 0.249 e. The molecule has 3 N–H and O–H groups in total. The fraction of sp³-hybridized carbons (Fsp3) is 0.462. The summed E-state index contributed by atoms with van der Waals surface area (Å²) in [7, 11) is 0. The van der Waals surface area contributed by atoms with Gasteiger partial charge in [0.05, 0.1) is 0 Å². The van der Waals surface area contributed by atoms with Crippen molar-refractivity contribution in [1.82, 2.24) is 5.32 Å². The zero-order chi connectivity index (χ0) is 12.4. The van der Waals surface area contributed by atoms with E-state index < -0.39 is 5.91 Å². The van der Waals surface area contributed by atoms with Crippen LogP contribution in [0.2, 0.25) is 0 Å². The van der Waals surface area contributed by atoms with Crippen LogP contribution in [0.5, 0.6) is 5.75 Å². The van der Waals surface area contributed by atoms with Gasteiger partial charge in [-0.15, -0.1) is 0 Å². The van der Waals surface area contributed by atoms with Crippen LogP contribution in [-0.4, -0.2) is 24.6 Å². The fourth-order valence-corrected chi connectivity index (χ4v) is 2.22. The normalized spacial score (nSPS) is 18.6. The summed E-state index contributed by atoms with van der Waals surface area (Å²) in [5, 5.41) is 3.41. The van der Waals surface area contributed by atoms with Gasteiger partial charge in [0.15, 0.2) is 0 Å². The van der Waals surface area contributed by atoms with Gasteiger partial charge in [0.1, 0.15) is 12.4 Å². The number of amides is 1. The predicted octanol–water partition coefficient (Wildman–Crippen LogP) is 1.09. The van der Waals surface area contributed by atoms with Crippen LogP contribution < -0.4 is 15.8 Å². The molecule has 0 saturated carbocycles. The Morgan fingerprint density at radius 1 is 1.53 bits per heavy atom. The summed E-state index contributed by atoms with van der Waals surface area (Å²) >= 11 is 0. The third-order valence-electron chi connectivity index (χ3n) is 2.86. The quantitative estimate of drug-likeness (QED) is 0.822. The Labute approximate surface area is 101 Å². The summed E-state index contributed by atoms with van der Waals surface area (Å²) in [4.78, 5) is 11.3. The molecule has 1 aromatic carbocycles. The van der Waals surface area contributed by atoms with Crippen molar-refractivity contribution in [3.05, 3.63) is 29.3 Å². The third kappa shape index (κ3) is 2.58. The highest BCUT2D eigenvalue weighted by Gasteiger charge is 2.23. The fourth-order valence-electron chi connectivity index (χ4n) is 2.22. The summed E-state index contributed by atoms with van der Waals surface area (Å²) in [6.07, 6.45) is 0.784. The Kier molecular flexibility index (Phi) is 3.33. The Balaban J connectivity index is 2.26. The van der Waals surface area contributed by atoms with Crippen LogP contribution in [0.25, 0.3) is 0 Å². The van der Waals surface area contributed by atoms with Crippen molar-refractivity contribution in [2.45, 2.75) is 32.4 Å². The number of hydrogen-bond acceptors (Lipinski definition) is 3. The molecule has 2 rings (SSSR count). The van der Waals surface area contributed by atoms with Crippen LogP contribution in [0.1, 0.15) is 29.8 Å². The molecule has 4 heteroatoms. The molecule has 1 aromatic rings. The Bertz CT molecular complexity index is 429. The van der Waals surface area contributed by atoms with Crippen molar-refractivity contribution in [3.8, 4) is 5.75 Å². The minimum absolute atomic E-state index is 0.239. The van der Waals surface area contributed by atoms with Gasteiger partial charge < -0.3 is 15.8 Å². The second-order valence-corrected chi connectivity index (χ2v) is 4.68. The van der Waals surface area contributed by atoms with E-state index in [1.807, 2.05) is 6.07 Å².